The van der Waals surface area contributed by atoms with Gasteiger partial charge in [-0.15, -0.1) is 0 Å². The molecule has 4 saturated carbocycles. The quantitative estimate of drug-likeness (QED) is 0.518. The van der Waals surface area contributed by atoms with Crippen LogP contribution in [0.3, 0.4) is 0 Å². The van der Waals surface area contributed by atoms with Gasteiger partial charge >= 0.3 is 5.97 Å². The van der Waals surface area contributed by atoms with E-state index in [1.807, 2.05) is 0 Å². The van der Waals surface area contributed by atoms with Crippen molar-refractivity contribution in [2.75, 3.05) is 13.2 Å². The lowest BCUT2D eigenvalue weighted by Gasteiger charge is -2.58. The number of alkyl halides is 2. The fourth-order valence-electron chi connectivity index (χ4n) is 5.24. The normalized spacial score (nSPS) is 38.8. The minimum atomic E-state index is -2.95. The topological polar surface area (TPSA) is 35.5 Å². The smallest absolute Gasteiger partial charge is 0.309 e. The molecule has 4 aliphatic rings. The molecule has 0 aromatic heterocycles. The largest absolute Gasteiger partial charge is 0.459 e. The molecule has 4 rings (SSSR count). The SMILES string of the molecule is CCCCOC12CC3CC(C1)C(C(=O)OCC(C)(F)F)C(C3)C2. The molecule has 4 bridgehead atoms. The van der Waals surface area contributed by atoms with E-state index in [0.717, 1.165) is 58.5 Å². The highest BCUT2D eigenvalue weighted by atomic mass is 19.3. The molecule has 5 heteroatoms. The van der Waals surface area contributed by atoms with Crippen molar-refractivity contribution in [2.45, 2.75) is 70.3 Å². The Morgan fingerprint density at radius 1 is 1.22 bits per heavy atom. The number of carbonyl (C=O) groups excluding carboxylic acids is 1. The standard InChI is InChI=1S/C18H28F2O3/c1-3-4-5-23-18-8-12-6-13(9-18)15(14(7-12)10-18)16(21)22-11-17(2,19)20/h12-15H,3-11H2,1-2H3. The lowest BCUT2D eigenvalue weighted by molar-refractivity contribution is -0.201. The van der Waals surface area contributed by atoms with Crippen molar-refractivity contribution in [3.05, 3.63) is 0 Å². The van der Waals surface area contributed by atoms with Crippen molar-refractivity contribution in [3.63, 3.8) is 0 Å². The van der Waals surface area contributed by atoms with E-state index in [-0.39, 0.29) is 23.4 Å². The summed E-state index contributed by atoms with van der Waals surface area (Å²) in [6.45, 7) is 2.93. The minimum absolute atomic E-state index is 0.0584. The van der Waals surface area contributed by atoms with Gasteiger partial charge in [-0.25, -0.2) is 8.78 Å². The second kappa shape index (κ2) is 6.30. The van der Waals surface area contributed by atoms with Crippen LogP contribution in [0.1, 0.15) is 58.8 Å². The van der Waals surface area contributed by atoms with Crippen LogP contribution in [-0.4, -0.2) is 30.7 Å². The molecule has 2 unspecified atom stereocenters. The molecule has 0 aromatic carbocycles. The van der Waals surface area contributed by atoms with E-state index < -0.39 is 18.5 Å². The molecular weight excluding hydrogens is 302 g/mol. The van der Waals surface area contributed by atoms with Gasteiger partial charge in [-0.3, -0.25) is 4.79 Å². The molecule has 0 saturated heterocycles. The van der Waals surface area contributed by atoms with E-state index in [4.69, 9.17) is 9.47 Å². The van der Waals surface area contributed by atoms with Crippen molar-refractivity contribution in [2.24, 2.45) is 23.7 Å². The summed E-state index contributed by atoms with van der Waals surface area (Å²) >= 11 is 0. The number of ether oxygens (including phenoxy) is 2. The summed E-state index contributed by atoms with van der Waals surface area (Å²) in [7, 11) is 0. The van der Waals surface area contributed by atoms with E-state index >= 15 is 0 Å². The van der Waals surface area contributed by atoms with Crippen LogP contribution in [0.15, 0.2) is 0 Å². The number of unbranched alkanes of at least 4 members (excludes halogenated alkanes) is 1. The van der Waals surface area contributed by atoms with Gasteiger partial charge in [-0.05, 0) is 56.3 Å². The average molecular weight is 330 g/mol. The van der Waals surface area contributed by atoms with Crippen LogP contribution in [0.5, 0.6) is 0 Å². The first-order valence-corrected chi connectivity index (χ1v) is 9.00. The molecule has 0 aromatic rings. The minimum Gasteiger partial charge on any atom is -0.459 e. The van der Waals surface area contributed by atoms with Crippen LogP contribution in [0.25, 0.3) is 0 Å². The van der Waals surface area contributed by atoms with E-state index in [1.165, 1.54) is 0 Å². The third-order valence-electron chi connectivity index (χ3n) is 5.86. The average Bonchev–Trinajstić information content (AvgIpc) is 2.43. The van der Waals surface area contributed by atoms with Crippen LogP contribution in [0, 0.1) is 23.7 Å². The number of hydrogen-bond donors (Lipinski definition) is 0. The lowest BCUT2D eigenvalue weighted by Crippen LogP contribution is -2.57. The van der Waals surface area contributed by atoms with Crippen LogP contribution >= 0.6 is 0 Å². The lowest BCUT2D eigenvalue weighted by atomic mass is 9.50. The maximum Gasteiger partial charge on any atom is 0.309 e. The Hall–Kier alpha value is -0.710. The third-order valence-corrected chi connectivity index (χ3v) is 5.86. The summed E-state index contributed by atoms with van der Waals surface area (Å²) < 4.78 is 37.1. The van der Waals surface area contributed by atoms with E-state index in [9.17, 15) is 13.6 Å². The number of halogens is 2. The molecule has 0 amide bonds. The maximum absolute atomic E-state index is 12.9. The first-order chi connectivity index (χ1) is 10.8. The van der Waals surface area contributed by atoms with Gasteiger partial charge in [0.05, 0.1) is 11.5 Å². The van der Waals surface area contributed by atoms with Crippen molar-refractivity contribution in [1.29, 1.82) is 0 Å². The molecule has 23 heavy (non-hydrogen) atoms. The molecule has 2 atom stereocenters. The molecule has 4 aliphatic carbocycles. The second-order valence-corrected chi connectivity index (χ2v) is 8.06. The highest BCUT2D eigenvalue weighted by Gasteiger charge is 2.58. The van der Waals surface area contributed by atoms with E-state index in [0.29, 0.717) is 5.92 Å². The maximum atomic E-state index is 12.9. The van der Waals surface area contributed by atoms with Gasteiger partial charge in [0, 0.05) is 13.5 Å². The van der Waals surface area contributed by atoms with E-state index in [1.54, 1.807) is 0 Å². The van der Waals surface area contributed by atoms with Gasteiger partial charge in [0.25, 0.3) is 5.92 Å². The Morgan fingerprint density at radius 3 is 2.43 bits per heavy atom. The van der Waals surface area contributed by atoms with Crippen molar-refractivity contribution in [1.82, 2.24) is 0 Å². The third kappa shape index (κ3) is 3.70. The first kappa shape index (κ1) is 17.1. The molecule has 132 valence electrons. The summed E-state index contributed by atoms with van der Waals surface area (Å²) in [4.78, 5) is 12.3. The Balaban J connectivity index is 1.63. The summed E-state index contributed by atoms with van der Waals surface area (Å²) in [5.74, 6) is -2.43. The van der Waals surface area contributed by atoms with Crippen molar-refractivity contribution >= 4 is 5.97 Å². The predicted octanol–water partition coefficient (Wildman–Crippen LogP) is 4.20. The molecule has 3 nitrogen and oxygen atoms in total. The van der Waals surface area contributed by atoms with Crippen LogP contribution in [0.4, 0.5) is 8.78 Å². The van der Waals surface area contributed by atoms with Crippen LogP contribution in [-0.2, 0) is 14.3 Å². The Kier molecular flexibility index (Phi) is 4.69. The zero-order valence-electron chi connectivity index (χ0n) is 14.2. The Bertz CT molecular complexity index is 430. The van der Waals surface area contributed by atoms with Gasteiger partial charge in [0.2, 0.25) is 0 Å². The number of rotatable bonds is 7. The Labute approximate surface area is 137 Å². The molecule has 4 fully saturated rings. The molecule has 0 spiro atoms. The van der Waals surface area contributed by atoms with Crippen molar-refractivity contribution in [3.8, 4) is 0 Å². The fourth-order valence-corrected chi connectivity index (χ4v) is 5.24. The summed E-state index contributed by atoms with van der Waals surface area (Å²) in [5, 5.41) is 0. The van der Waals surface area contributed by atoms with Gasteiger partial charge < -0.3 is 9.47 Å². The second-order valence-electron chi connectivity index (χ2n) is 8.06. The van der Waals surface area contributed by atoms with Gasteiger partial charge in [-0.1, -0.05) is 13.3 Å². The number of esters is 1. The van der Waals surface area contributed by atoms with Gasteiger partial charge in [-0.2, -0.15) is 0 Å². The fraction of sp³-hybridized carbons (Fsp3) is 0.944. The Morgan fingerprint density at radius 2 is 1.87 bits per heavy atom. The van der Waals surface area contributed by atoms with Crippen LogP contribution < -0.4 is 0 Å². The summed E-state index contributed by atoms with van der Waals surface area (Å²) in [6, 6.07) is 0. The number of carbonyl (C=O) groups is 1. The van der Waals surface area contributed by atoms with Gasteiger partial charge in [0.1, 0.15) is 0 Å². The number of hydrogen-bond acceptors (Lipinski definition) is 3. The van der Waals surface area contributed by atoms with Crippen molar-refractivity contribution < 1.29 is 23.0 Å². The van der Waals surface area contributed by atoms with E-state index in [2.05, 4.69) is 6.92 Å². The molecule has 0 aliphatic heterocycles. The first-order valence-electron chi connectivity index (χ1n) is 9.00. The molecular formula is C18H28F2O3. The van der Waals surface area contributed by atoms with Crippen LogP contribution in [0.2, 0.25) is 0 Å². The monoisotopic (exact) mass is 330 g/mol. The zero-order chi connectivity index (χ0) is 16.7. The van der Waals surface area contributed by atoms with Gasteiger partial charge in [0.15, 0.2) is 6.61 Å². The predicted molar refractivity (Wildman–Crippen MR) is 82.2 cm³/mol. The summed E-state index contributed by atoms with van der Waals surface area (Å²) in [6.07, 6.45) is 7.14. The molecule has 0 N–H and O–H groups in total. The molecule has 0 radical (unpaired) electrons. The molecule has 0 heterocycles. The highest BCUT2D eigenvalue weighted by Crippen LogP contribution is 2.59. The highest BCUT2D eigenvalue weighted by molar-refractivity contribution is 5.73. The zero-order valence-corrected chi connectivity index (χ0v) is 14.2. The summed E-state index contributed by atoms with van der Waals surface area (Å²) in [5.41, 5.74) is -0.0584.